The van der Waals surface area contributed by atoms with E-state index in [9.17, 15) is 14.4 Å². The Kier molecular flexibility index (Phi) is 5.46. The molecule has 0 bridgehead atoms. The summed E-state index contributed by atoms with van der Waals surface area (Å²) in [6, 6.07) is 0. The number of rotatable bonds is 6. The molecule has 0 aromatic carbocycles. The highest BCUT2D eigenvalue weighted by molar-refractivity contribution is 5.92. The molecule has 20 heavy (non-hydrogen) atoms. The average Bonchev–Trinajstić information content (AvgIpc) is 2.37. The first-order chi connectivity index (χ1) is 9.25. The standard InChI is InChI=1S/C12H23N5O3/c1-12(2,17-5-3-15-4-6-17)11(20)16(7-9(13)18)8-10(14)19/h15H,3-8H2,1-2H3,(H2,13,18)(H2,14,19). The fraction of sp³-hybridized carbons (Fsp3) is 0.750. The summed E-state index contributed by atoms with van der Waals surface area (Å²) in [7, 11) is 0. The van der Waals surface area contributed by atoms with Crippen LogP contribution in [0.2, 0.25) is 0 Å². The number of hydrogen-bond acceptors (Lipinski definition) is 5. The van der Waals surface area contributed by atoms with Gasteiger partial charge in [-0.2, -0.15) is 0 Å². The lowest BCUT2D eigenvalue weighted by Gasteiger charge is -2.42. The van der Waals surface area contributed by atoms with Gasteiger partial charge in [-0.05, 0) is 13.8 Å². The van der Waals surface area contributed by atoms with Crippen molar-refractivity contribution in [2.24, 2.45) is 11.5 Å². The normalized spacial score (nSPS) is 16.7. The molecule has 1 fully saturated rings. The zero-order valence-electron chi connectivity index (χ0n) is 12.0. The van der Waals surface area contributed by atoms with Crippen LogP contribution in [0.5, 0.6) is 0 Å². The van der Waals surface area contributed by atoms with Gasteiger partial charge in [-0.3, -0.25) is 19.3 Å². The molecule has 0 aromatic rings. The summed E-state index contributed by atoms with van der Waals surface area (Å²) in [6.07, 6.45) is 0. The number of nitrogens with one attached hydrogen (secondary N) is 1. The molecule has 1 aliphatic heterocycles. The Morgan fingerprint density at radius 3 is 1.95 bits per heavy atom. The second-order valence-corrected chi connectivity index (χ2v) is 5.39. The van der Waals surface area contributed by atoms with Crippen LogP contribution in [0.4, 0.5) is 0 Å². The van der Waals surface area contributed by atoms with E-state index in [2.05, 4.69) is 5.32 Å². The Hall–Kier alpha value is -1.67. The van der Waals surface area contributed by atoms with Gasteiger partial charge in [0.2, 0.25) is 17.7 Å². The molecule has 0 saturated carbocycles. The maximum atomic E-state index is 12.6. The smallest absolute Gasteiger partial charge is 0.243 e. The lowest BCUT2D eigenvalue weighted by atomic mass is 9.99. The number of hydrogen-bond donors (Lipinski definition) is 3. The third kappa shape index (κ3) is 4.17. The highest BCUT2D eigenvalue weighted by Crippen LogP contribution is 2.18. The summed E-state index contributed by atoms with van der Waals surface area (Å²) >= 11 is 0. The summed E-state index contributed by atoms with van der Waals surface area (Å²) in [4.78, 5) is 37.8. The van der Waals surface area contributed by atoms with E-state index < -0.39 is 17.4 Å². The van der Waals surface area contributed by atoms with Gasteiger partial charge in [0, 0.05) is 26.2 Å². The van der Waals surface area contributed by atoms with Gasteiger partial charge in [-0.25, -0.2) is 0 Å². The zero-order chi connectivity index (χ0) is 15.3. The van der Waals surface area contributed by atoms with Crippen LogP contribution < -0.4 is 16.8 Å². The molecule has 8 nitrogen and oxygen atoms in total. The Balaban J connectivity index is 2.84. The molecule has 0 aliphatic carbocycles. The van der Waals surface area contributed by atoms with E-state index in [-0.39, 0.29) is 19.0 Å². The van der Waals surface area contributed by atoms with Crippen molar-refractivity contribution in [3.8, 4) is 0 Å². The number of nitrogens with zero attached hydrogens (tertiary/aromatic N) is 2. The minimum absolute atomic E-state index is 0.308. The van der Waals surface area contributed by atoms with Crippen LogP contribution in [0.1, 0.15) is 13.8 Å². The molecular weight excluding hydrogens is 262 g/mol. The zero-order valence-corrected chi connectivity index (χ0v) is 12.0. The first-order valence-corrected chi connectivity index (χ1v) is 6.57. The summed E-state index contributed by atoms with van der Waals surface area (Å²) in [6.45, 7) is 5.96. The van der Waals surface area contributed by atoms with Gasteiger partial charge < -0.3 is 21.7 Å². The monoisotopic (exact) mass is 285 g/mol. The van der Waals surface area contributed by atoms with E-state index in [4.69, 9.17) is 11.5 Å². The van der Waals surface area contributed by atoms with E-state index in [1.54, 1.807) is 13.8 Å². The van der Waals surface area contributed by atoms with Gasteiger partial charge >= 0.3 is 0 Å². The van der Waals surface area contributed by atoms with Gasteiger partial charge in [0.1, 0.15) is 0 Å². The maximum absolute atomic E-state index is 12.6. The minimum atomic E-state index is -0.812. The van der Waals surface area contributed by atoms with Gasteiger partial charge in [-0.1, -0.05) is 0 Å². The molecule has 5 N–H and O–H groups in total. The topological polar surface area (TPSA) is 122 Å². The third-order valence-corrected chi connectivity index (χ3v) is 3.41. The van der Waals surface area contributed by atoms with Crippen LogP contribution in [0, 0.1) is 0 Å². The van der Waals surface area contributed by atoms with Crippen LogP contribution in [0.3, 0.4) is 0 Å². The summed E-state index contributed by atoms with van der Waals surface area (Å²) in [5.41, 5.74) is 9.43. The van der Waals surface area contributed by atoms with Crippen molar-refractivity contribution in [2.75, 3.05) is 39.3 Å². The highest BCUT2D eigenvalue weighted by atomic mass is 16.2. The highest BCUT2D eigenvalue weighted by Gasteiger charge is 2.38. The number of amides is 3. The number of carbonyl (C=O) groups is 3. The quantitative estimate of drug-likeness (QED) is 0.497. The van der Waals surface area contributed by atoms with Crippen molar-refractivity contribution in [1.82, 2.24) is 15.1 Å². The van der Waals surface area contributed by atoms with Gasteiger partial charge in [0.05, 0.1) is 18.6 Å². The fourth-order valence-electron chi connectivity index (χ4n) is 2.32. The second-order valence-electron chi connectivity index (χ2n) is 5.39. The van der Waals surface area contributed by atoms with Crippen molar-refractivity contribution < 1.29 is 14.4 Å². The molecule has 3 amide bonds. The number of carbonyl (C=O) groups excluding carboxylic acids is 3. The molecule has 1 aliphatic rings. The summed E-state index contributed by atoms with van der Waals surface area (Å²) in [5, 5.41) is 3.20. The number of piperazine rings is 1. The second kappa shape index (κ2) is 6.67. The predicted octanol–water partition coefficient (Wildman–Crippen LogP) is -2.53. The first-order valence-electron chi connectivity index (χ1n) is 6.57. The number of primary amides is 2. The first kappa shape index (κ1) is 16.4. The Morgan fingerprint density at radius 2 is 1.55 bits per heavy atom. The molecule has 8 heteroatoms. The lowest BCUT2D eigenvalue weighted by Crippen LogP contribution is -2.62. The van der Waals surface area contributed by atoms with Gasteiger partial charge in [-0.15, -0.1) is 0 Å². The van der Waals surface area contributed by atoms with E-state index in [0.29, 0.717) is 0 Å². The molecule has 0 spiro atoms. The predicted molar refractivity (Wildman–Crippen MR) is 73.5 cm³/mol. The molecule has 1 heterocycles. The lowest BCUT2D eigenvalue weighted by molar-refractivity contribution is -0.147. The van der Waals surface area contributed by atoms with Gasteiger partial charge in [0.25, 0.3) is 0 Å². The van der Waals surface area contributed by atoms with E-state index in [1.165, 1.54) is 0 Å². The number of nitrogens with two attached hydrogens (primary N) is 2. The van der Waals surface area contributed by atoms with Crippen molar-refractivity contribution in [3.05, 3.63) is 0 Å². The maximum Gasteiger partial charge on any atom is 0.243 e. The SMILES string of the molecule is CC(C)(C(=O)N(CC(N)=O)CC(N)=O)N1CCNCC1. The van der Waals surface area contributed by atoms with Crippen molar-refractivity contribution in [1.29, 1.82) is 0 Å². The molecule has 1 rings (SSSR count). The molecule has 1 saturated heterocycles. The Bertz CT molecular complexity index is 375. The van der Waals surface area contributed by atoms with Crippen LogP contribution in [0.15, 0.2) is 0 Å². The molecule has 0 radical (unpaired) electrons. The van der Waals surface area contributed by atoms with Crippen LogP contribution in [-0.2, 0) is 14.4 Å². The van der Waals surface area contributed by atoms with Crippen molar-refractivity contribution in [3.63, 3.8) is 0 Å². The molecule has 0 atom stereocenters. The van der Waals surface area contributed by atoms with Crippen LogP contribution >= 0.6 is 0 Å². The Labute approximate surface area is 118 Å². The largest absolute Gasteiger partial charge is 0.368 e. The average molecular weight is 285 g/mol. The molecular formula is C12H23N5O3. The van der Waals surface area contributed by atoms with E-state index in [1.807, 2.05) is 4.90 Å². The summed E-state index contributed by atoms with van der Waals surface area (Å²) in [5.74, 6) is -1.66. The van der Waals surface area contributed by atoms with Crippen molar-refractivity contribution >= 4 is 17.7 Å². The fourth-order valence-corrected chi connectivity index (χ4v) is 2.32. The van der Waals surface area contributed by atoms with E-state index in [0.717, 1.165) is 31.1 Å². The third-order valence-electron chi connectivity index (χ3n) is 3.41. The minimum Gasteiger partial charge on any atom is -0.368 e. The van der Waals surface area contributed by atoms with Crippen LogP contribution in [-0.4, -0.2) is 72.3 Å². The molecule has 114 valence electrons. The summed E-state index contributed by atoms with van der Waals surface area (Å²) < 4.78 is 0. The van der Waals surface area contributed by atoms with Crippen LogP contribution in [0.25, 0.3) is 0 Å². The van der Waals surface area contributed by atoms with E-state index >= 15 is 0 Å². The van der Waals surface area contributed by atoms with Crippen molar-refractivity contribution in [2.45, 2.75) is 19.4 Å². The van der Waals surface area contributed by atoms with Gasteiger partial charge in [0.15, 0.2) is 0 Å². The Morgan fingerprint density at radius 1 is 1.10 bits per heavy atom. The molecule has 0 unspecified atom stereocenters. The molecule has 0 aromatic heterocycles.